The van der Waals surface area contributed by atoms with Crippen molar-refractivity contribution in [1.29, 1.82) is 0 Å². The molecule has 3 rings (SSSR count). The minimum atomic E-state index is -5.31. The first-order chi connectivity index (χ1) is 12.6. The Morgan fingerprint density at radius 3 is 2.44 bits per heavy atom. The van der Waals surface area contributed by atoms with Crippen LogP contribution >= 0.6 is 11.6 Å². The van der Waals surface area contributed by atoms with Gasteiger partial charge >= 0.3 is 12.2 Å². The van der Waals surface area contributed by atoms with E-state index in [0.717, 1.165) is 6.20 Å². The van der Waals surface area contributed by atoms with Crippen molar-refractivity contribution in [2.45, 2.75) is 17.9 Å². The number of nitrogens with one attached hydrogen (secondary N) is 2. The van der Waals surface area contributed by atoms with Gasteiger partial charge in [0.25, 0.3) is 0 Å². The van der Waals surface area contributed by atoms with Gasteiger partial charge in [-0.05, 0) is 29.8 Å². The van der Waals surface area contributed by atoms with E-state index in [1.54, 1.807) is 0 Å². The Kier molecular flexibility index (Phi) is 4.83. The summed E-state index contributed by atoms with van der Waals surface area (Å²) in [6.07, 6.45) is -2.86. The molecule has 1 saturated heterocycles. The first-order valence-electron chi connectivity index (χ1n) is 7.71. The van der Waals surface area contributed by atoms with Crippen molar-refractivity contribution in [3.63, 3.8) is 0 Å². The number of ketones is 1. The Hall–Kier alpha value is -2.65. The molecule has 0 saturated carbocycles. The molecule has 1 aromatic carbocycles. The fourth-order valence-corrected chi connectivity index (χ4v) is 3.10. The van der Waals surface area contributed by atoms with E-state index in [0.29, 0.717) is 5.02 Å². The predicted molar refractivity (Wildman–Crippen MR) is 88.9 cm³/mol. The third kappa shape index (κ3) is 3.47. The van der Waals surface area contributed by atoms with Gasteiger partial charge in [0.15, 0.2) is 5.78 Å². The van der Waals surface area contributed by atoms with Crippen LogP contribution in [0.5, 0.6) is 0 Å². The lowest BCUT2D eigenvalue weighted by Crippen LogP contribution is -2.72. The summed E-state index contributed by atoms with van der Waals surface area (Å²) < 4.78 is 41.1. The molecule has 10 heteroatoms. The molecular formula is C17H13ClF3N3O3. The van der Waals surface area contributed by atoms with Crippen molar-refractivity contribution in [3.05, 3.63) is 64.9 Å². The summed E-state index contributed by atoms with van der Waals surface area (Å²) in [5.74, 6) is -3.13. The zero-order valence-electron chi connectivity index (χ0n) is 13.5. The highest BCUT2D eigenvalue weighted by molar-refractivity contribution is 6.30. The van der Waals surface area contributed by atoms with Crippen LogP contribution in [0.1, 0.15) is 22.0 Å². The van der Waals surface area contributed by atoms with E-state index < -0.39 is 35.7 Å². The van der Waals surface area contributed by atoms with Crippen LogP contribution < -0.4 is 10.6 Å². The second kappa shape index (κ2) is 6.82. The predicted octanol–water partition coefficient (Wildman–Crippen LogP) is 2.84. The van der Waals surface area contributed by atoms with Gasteiger partial charge in [0.05, 0.1) is 6.04 Å². The van der Waals surface area contributed by atoms with Crippen molar-refractivity contribution < 1.29 is 27.9 Å². The average molecular weight is 400 g/mol. The first-order valence-corrected chi connectivity index (χ1v) is 8.09. The normalized spacial score (nSPS) is 25.4. The van der Waals surface area contributed by atoms with Crippen molar-refractivity contribution in [2.75, 3.05) is 0 Å². The number of benzene rings is 1. The lowest BCUT2D eigenvalue weighted by molar-refractivity contribution is -0.287. The summed E-state index contributed by atoms with van der Waals surface area (Å²) in [6, 6.07) is 5.51. The SMILES string of the molecule is O=C1N[C@@H](c2ccc(Cl)cc2)[C@H](C(=O)c2cccnc2)[C@@](O)(C(F)(F)F)N1. The highest BCUT2D eigenvalue weighted by Crippen LogP contribution is 2.43. The van der Waals surface area contributed by atoms with Crippen LogP contribution in [-0.2, 0) is 0 Å². The van der Waals surface area contributed by atoms with Gasteiger partial charge in [-0.25, -0.2) is 4.79 Å². The number of nitrogens with zero attached hydrogens (tertiary/aromatic N) is 1. The van der Waals surface area contributed by atoms with Gasteiger partial charge in [-0.15, -0.1) is 0 Å². The maximum absolute atomic E-state index is 13.7. The number of hydrogen-bond acceptors (Lipinski definition) is 4. The maximum Gasteiger partial charge on any atom is 0.437 e. The molecule has 1 fully saturated rings. The van der Waals surface area contributed by atoms with Crippen LogP contribution in [0.25, 0.3) is 0 Å². The Morgan fingerprint density at radius 1 is 1.22 bits per heavy atom. The Labute approximate surface area is 156 Å². The highest BCUT2D eigenvalue weighted by atomic mass is 35.5. The van der Waals surface area contributed by atoms with E-state index in [4.69, 9.17) is 11.6 Å². The largest absolute Gasteiger partial charge is 0.437 e. The summed E-state index contributed by atoms with van der Waals surface area (Å²) in [4.78, 5) is 28.5. The number of carbonyl (C=O) groups is 2. The molecule has 2 heterocycles. The molecular weight excluding hydrogens is 387 g/mol. The number of hydrogen-bond donors (Lipinski definition) is 3. The standard InChI is InChI=1S/C17H13ClF3N3O3/c18-11-5-3-9(4-6-11)13-12(14(25)10-2-1-7-22-8-10)16(27,17(19,20)21)24-15(26)23-13/h1-8,12-13,27H,(H2,23,24,26)/t12-,13+,16-/m1/s1. The van der Waals surface area contributed by atoms with Gasteiger partial charge in [0, 0.05) is 23.0 Å². The molecule has 1 aromatic heterocycles. The number of amides is 2. The number of rotatable bonds is 3. The zero-order chi connectivity index (χ0) is 19.8. The van der Waals surface area contributed by atoms with E-state index in [9.17, 15) is 27.9 Å². The van der Waals surface area contributed by atoms with E-state index in [-0.39, 0.29) is 11.1 Å². The highest BCUT2D eigenvalue weighted by Gasteiger charge is 2.66. The van der Waals surface area contributed by atoms with Gasteiger partial charge in [-0.1, -0.05) is 23.7 Å². The molecule has 3 N–H and O–H groups in total. The second-order valence-electron chi connectivity index (χ2n) is 5.98. The van der Waals surface area contributed by atoms with Crippen LogP contribution in [-0.4, -0.2) is 33.8 Å². The van der Waals surface area contributed by atoms with Crippen molar-refractivity contribution in [2.24, 2.45) is 5.92 Å². The number of halogens is 4. The summed E-state index contributed by atoms with van der Waals surface area (Å²) in [5, 5.41) is 14.5. The fourth-order valence-electron chi connectivity index (χ4n) is 2.97. The first kappa shape index (κ1) is 19.1. The van der Waals surface area contributed by atoms with Gasteiger partial charge < -0.3 is 15.7 Å². The minimum absolute atomic E-state index is 0.137. The van der Waals surface area contributed by atoms with Crippen molar-refractivity contribution in [1.82, 2.24) is 15.6 Å². The summed E-state index contributed by atoms with van der Waals surface area (Å²) >= 11 is 5.80. The van der Waals surface area contributed by atoms with Crippen molar-refractivity contribution in [3.8, 4) is 0 Å². The molecule has 1 aliphatic rings. The number of urea groups is 1. The van der Waals surface area contributed by atoms with E-state index in [1.807, 2.05) is 0 Å². The average Bonchev–Trinajstić information content (AvgIpc) is 2.61. The molecule has 142 valence electrons. The molecule has 3 atom stereocenters. The molecule has 27 heavy (non-hydrogen) atoms. The molecule has 2 aromatic rings. The number of aromatic nitrogens is 1. The van der Waals surface area contributed by atoms with Crippen LogP contribution in [0.4, 0.5) is 18.0 Å². The summed E-state index contributed by atoms with van der Waals surface area (Å²) in [6.45, 7) is 0. The Bertz CT molecular complexity index is 861. The molecule has 0 aliphatic carbocycles. The monoisotopic (exact) mass is 399 g/mol. The smallest absolute Gasteiger partial charge is 0.363 e. The summed E-state index contributed by atoms with van der Waals surface area (Å²) in [5.41, 5.74) is -3.73. The van der Waals surface area contributed by atoms with Gasteiger partial charge in [-0.2, -0.15) is 13.2 Å². The maximum atomic E-state index is 13.7. The number of carbonyl (C=O) groups excluding carboxylic acids is 2. The number of pyridine rings is 1. The Balaban J connectivity index is 2.15. The zero-order valence-corrected chi connectivity index (χ0v) is 14.3. The van der Waals surface area contributed by atoms with Crippen LogP contribution in [0, 0.1) is 5.92 Å². The van der Waals surface area contributed by atoms with Gasteiger partial charge in [-0.3, -0.25) is 9.78 Å². The second-order valence-corrected chi connectivity index (χ2v) is 6.41. The third-order valence-corrected chi connectivity index (χ3v) is 4.52. The van der Waals surface area contributed by atoms with Gasteiger partial charge in [0.2, 0.25) is 5.72 Å². The molecule has 0 radical (unpaired) electrons. The topological polar surface area (TPSA) is 91.3 Å². The van der Waals surface area contributed by atoms with E-state index in [1.165, 1.54) is 47.9 Å². The summed E-state index contributed by atoms with van der Waals surface area (Å²) in [7, 11) is 0. The van der Waals surface area contributed by atoms with Gasteiger partial charge in [0.1, 0.15) is 5.92 Å². The molecule has 2 amide bonds. The quantitative estimate of drug-likeness (QED) is 0.692. The van der Waals surface area contributed by atoms with Crippen LogP contribution in [0.15, 0.2) is 48.8 Å². The third-order valence-electron chi connectivity index (χ3n) is 4.26. The number of Topliss-reactive ketones (excluding diaryl/α,β-unsaturated/α-hetero) is 1. The molecule has 0 bridgehead atoms. The lowest BCUT2D eigenvalue weighted by atomic mass is 9.77. The minimum Gasteiger partial charge on any atom is -0.363 e. The lowest BCUT2D eigenvalue weighted by Gasteiger charge is -2.45. The van der Waals surface area contributed by atoms with Crippen LogP contribution in [0.3, 0.4) is 0 Å². The van der Waals surface area contributed by atoms with Crippen molar-refractivity contribution >= 4 is 23.4 Å². The molecule has 6 nitrogen and oxygen atoms in total. The van der Waals surface area contributed by atoms with E-state index in [2.05, 4.69) is 10.3 Å². The fraction of sp³-hybridized carbons (Fsp3) is 0.235. The number of alkyl halides is 3. The van der Waals surface area contributed by atoms with E-state index >= 15 is 0 Å². The van der Waals surface area contributed by atoms with Crippen LogP contribution in [0.2, 0.25) is 5.02 Å². The Morgan fingerprint density at radius 2 is 1.89 bits per heavy atom. The molecule has 0 unspecified atom stereocenters. The molecule has 0 spiro atoms. The molecule has 1 aliphatic heterocycles. The number of aliphatic hydroxyl groups is 1.